The van der Waals surface area contributed by atoms with Gasteiger partial charge in [-0.25, -0.2) is 14.2 Å². The van der Waals surface area contributed by atoms with Crippen molar-refractivity contribution < 1.29 is 14.7 Å². The highest BCUT2D eigenvalue weighted by Crippen LogP contribution is 2.17. The van der Waals surface area contributed by atoms with E-state index in [0.29, 0.717) is 35.7 Å². The number of amides is 1. The number of carboxylic acid groups (broad SMARTS) is 1. The van der Waals surface area contributed by atoms with Crippen molar-refractivity contribution in [2.75, 3.05) is 12.3 Å². The molecule has 0 radical (unpaired) electrons. The van der Waals surface area contributed by atoms with Crippen LogP contribution in [0.4, 0.5) is 0 Å². The van der Waals surface area contributed by atoms with Gasteiger partial charge in [0.25, 0.3) is 5.91 Å². The number of hydrogen-bond donors (Lipinski definition) is 2. The lowest BCUT2D eigenvalue weighted by atomic mass is 10.1. The van der Waals surface area contributed by atoms with Gasteiger partial charge < -0.3 is 10.4 Å². The molecule has 3 heterocycles. The zero-order valence-electron chi connectivity index (χ0n) is 19.1. The van der Waals surface area contributed by atoms with Gasteiger partial charge in [0.1, 0.15) is 0 Å². The number of aromatic nitrogens is 6. The first-order valence-corrected chi connectivity index (χ1v) is 12.2. The number of carboxylic acids is 1. The van der Waals surface area contributed by atoms with Gasteiger partial charge in [-0.05, 0) is 24.6 Å². The minimum Gasteiger partial charge on any atom is -0.480 e. The van der Waals surface area contributed by atoms with Crippen LogP contribution in [0.2, 0.25) is 0 Å². The van der Waals surface area contributed by atoms with Crippen molar-refractivity contribution in [3.8, 4) is 5.69 Å². The summed E-state index contributed by atoms with van der Waals surface area (Å²) < 4.78 is 3.10. The van der Waals surface area contributed by atoms with Crippen LogP contribution in [-0.4, -0.2) is 59.0 Å². The molecular weight excluding hydrogens is 466 g/mol. The highest BCUT2D eigenvalue weighted by Gasteiger charge is 2.22. The first-order valence-electron chi connectivity index (χ1n) is 11.0. The molecule has 0 saturated heterocycles. The lowest BCUT2D eigenvalue weighted by Gasteiger charge is -2.12. The summed E-state index contributed by atoms with van der Waals surface area (Å²) >= 11 is 1.58. The summed E-state index contributed by atoms with van der Waals surface area (Å²) in [6.07, 6.45) is 6.92. The fourth-order valence-electron chi connectivity index (χ4n) is 3.55. The van der Waals surface area contributed by atoms with E-state index in [9.17, 15) is 14.7 Å². The van der Waals surface area contributed by atoms with E-state index >= 15 is 0 Å². The SMILES string of the molecule is Cc1c(C(=O)NCCSCc2cn(C(Cc3ccccc3)C(=O)O)nn2)cnn1-c1ccncc1. The summed E-state index contributed by atoms with van der Waals surface area (Å²) in [4.78, 5) is 28.3. The molecule has 0 bridgehead atoms. The molecule has 0 fully saturated rings. The summed E-state index contributed by atoms with van der Waals surface area (Å²) in [5.41, 5.74) is 3.72. The van der Waals surface area contributed by atoms with Crippen molar-refractivity contribution in [3.05, 3.63) is 89.8 Å². The third-order valence-electron chi connectivity index (χ3n) is 5.38. The normalized spacial score (nSPS) is 11.8. The van der Waals surface area contributed by atoms with Crippen LogP contribution in [0.5, 0.6) is 0 Å². The molecule has 1 aromatic carbocycles. The maximum Gasteiger partial charge on any atom is 0.328 e. The lowest BCUT2D eigenvalue weighted by Crippen LogP contribution is -2.26. The molecule has 1 unspecified atom stereocenters. The number of carbonyl (C=O) groups is 2. The van der Waals surface area contributed by atoms with Gasteiger partial charge in [0.2, 0.25) is 0 Å². The van der Waals surface area contributed by atoms with Crippen molar-refractivity contribution in [2.24, 2.45) is 0 Å². The molecule has 11 heteroatoms. The lowest BCUT2D eigenvalue weighted by molar-refractivity contribution is -0.141. The van der Waals surface area contributed by atoms with Crippen molar-refractivity contribution in [1.82, 2.24) is 35.1 Å². The van der Waals surface area contributed by atoms with Crippen molar-refractivity contribution in [2.45, 2.75) is 25.1 Å². The summed E-state index contributed by atoms with van der Waals surface area (Å²) in [5, 5.41) is 25.0. The highest BCUT2D eigenvalue weighted by atomic mass is 32.2. The molecule has 0 saturated carbocycles. The Kier molecular flexibility index (Phi) is 7.88. The Morgan fingerprint density at radius 1 is 1.14 bits per heavy atom. The van der Waals surface area contributed by atoms with Crippen LogP contribution >= 0.6 is 11.8 Å². The number of nitrogens with one attached hydrogen (secondary N) is 1. The van der Waals surface area contributed by atoms with Gasteiger partial charge in [-0.3, -0.25) is 9.78 Å². The highest BCUT2D eigenvalue weighted by molar-refractivity contribution is 7.98. The number of thioether (sulfide) groups is 1. The third-order valence-corrected chi connectivity index (χ3v) is 6.37. The van der Waals surface area contributed by atoms with Crippen LogP contribution in [0.3, 0.4) is 0 Å². The molecule has 180 valence electrons. The van der Waals surface area contributed by atoms with Crippen LogP contribution in [0.25, 0.3) is 5.69 Å². The molecule has 0 aliphatic carbocycles. The number of carbonyl (C=O) groups excluding carboxylic acids is 1. The van der Waals surface area contributed by atoms with E-state index in [4.69, 9.17) is 0 Å². The summed E-state index contributed by atoms with van der Waals surface area (Å²) in [7, 11) is 0. The summed E-state index contributed by atoms with van der Waals surface area (Å²) in [6, 6.07) is 12.3. The molecule has 3 aromatic heterocycles. The Bertz CT molecular complexity index is 1270. The molecule has 0 aliphatic heterocycles. The Morgan fingerprint density at radius 3 is 2.66 bits per heavy atom. The Morgan fingerprint density at radius 2 is 1.91 bits per heavy atom. The first-order chi connectivity index (χ1) is 17.0. The van der Waals surface area contributed by atoms with E-state index in [1.54, 1.807) is 41.2 Å². The number of benzene rings is 1. The van der Waals surface area contributed by atoms with Crippen LogP contribution in [0, 0.1) is 6.92 Å². The van der Waals surface area contributed by atoms with Crippen LogP contribution in [-0.2, 0) is 17.0 Å². The number of rotatable bonds is 11. The largest absolute Gasteiger partial charge is 0.480 e. The number of nitrogens with zero attached hydrogens (tertiary/aromatic N) is 6. The maximum absolute atomic E-state index is 12.6. The fraction of sp³-hybridized carbons (Fsp3) is 0.250. The standard InChI is InChI=1S/C24H25N7O3S/c1-17-21(14-27-31(17)20-7-9-25-10-8-20)23(32)26-11-12-35-16-19-15-30(29-28-19)22(24(33)34)13-18-5-3-2-4-6-18/h2-10,14-15,22H,11-13,16H2,1H3,(H,26,32)(H,33,34). The van der Waals surface area contributed by atoms with Crippen LogP contribution < -0.4 is 5.32 Å². The molecule has 4 aromatic rings. The predicted molar refractivity (Wildman–Crippen MR) is 131 cm³/mol. The number of hydrogen-bond acceptors (Lipinski definition) is 7. The van der Waals surface area contributed by atoms with E-state index < -0.39 is 12.0 Å². The average molecular weight is 492 g/mol. The summed E-state index contributed by atoms with van der Waals surface area (Å²) in [6.45, 7) is 2.33. The van der Waals surface area contributed by atoms with E-state index in [-0.39, 0.29) is 5.91 Å². The van der Waals surface area contributed by atoms with Crippen molar-refractivity contribution >= 4 is 23.6 Å². The van der Waals surface area contributed by atoms with Gasteiger partial charge in [-0.2, -0.15) is 16.9 Å². The first kappa shape index (κ1) is 24.1. The zero-order chi connectivity index (χ0) is 24.6. The monoisotopic (exact) mass is 491 g/mol. The van der Waals surface area contributed by atoms with E-state index in [0.717, 1.165) is 16.9 Å². The van der Waals surface area contributed by atoms with Gasteiger partial charge in [0, 0.05) is 36.9 Å². The molecule has 0 spiro atoms. The second-order valence-corrected chi connectivity index (χ2v) is 8.91. The molecule has 1 amide bonds. The molecular formula is C24H25N7O3S. The molecule has 0 aliphatic rings. The minimum absolute atomic E-state index is 0.181. The second-order valence-electron chi connectivity index (χ2n) is 7.80. The summed E-state index contributed by atoms with van der Waals surface area (Å²) in [5.74, 6) is 0.0949. The maximum atomic E-state index is 12.6. The molecule has 35 heavy (non-hydrogen) atoms. The Balaban J connectivity index is 1.24. The number of pyridine rings is 1. The minimum atomic E-state index is -0.955. The molecule has 2 N–H and O–H groups in total. The number of aliphatic carboxylic acids is 1. The molecule has 4 rings (SSSR count). The van der Waals surface area contributed by atoms with E-state index in [1.165, 1.54) is 4.68 Å². The quantitative estimate of drug-likeness (QED) is 0.307. The molecule has 1 atom stereocenters. The fourth-order valence-corrected chi connectivity index (χ4v) is 4.28. The van der Waals surface area contributed by atoms with Gasteiger partial charge in [-0.1, -0.05) is 35.5 Å². The van der Waals surface area contributed by atoms with Crippen molar-refractivity contribution in [3.63, 3.8) is 0 Å². The van der Waals surface area contributed by atoms with Crippen LogP contribution in [0.1, 0.15) is 33.4 Å². The van der Waals surface area contributed by atoms with E-state index in [1.807, 2.05) is 49.4 Å². The van der Waals surface area contributed by atoms with Gasteiger partial charge in [0.05, 0.1) is 35.0 Å². The third kappa shape index (κ3) is 6.12. The zero-order valence-corrected chi connectivity index (χ0v) is 19.9. The topological polar surface area (TPSA) is 128 Å². The Labute approximate surface area is 206 Å². The Hall–Kier alpha value is -3.99. The van der Waals surface area contributed by atoms with E-state index in [2.05, 4.69) is 25.7 Å². The average Bonchev–Trinajstić information content (AvgIpc) is 3.50. The predicted octanol–water partition coefficient (Wildman–Crippen LogP) is 2.70. The van der Waals surface area contributed by atoms with Crippen molar-refractivity contribution in [1.29, 1.82) is 0 Å². The van der Waals surface area contributed by atoms with Gasteiger partial charge in [0.15, 0.2) is 6.04 Å². The van der Waals surface area contributed by atoms with Gasteiger partial charge >= 0.3 is 5.97 Å². The second kappa shape index (κ2) is 11.4. The van der Waals surface area contributed by atoms with Gasteiger partial charge in [-0.15, -0.1) is 5.10 Å². The van der Waals surface area contributed by atoms with Crippen LogP contribution in [0.15, 0.2) is 67.3 Å². The molecule has 10 nitrogen and oxygen atoms in total. The smallest absolute Gasteiger partial charge is 0.328 e.